The van der Waals surface area contributed by atoms with Gasteiger partial charge in [0.2, 0.25) is 0 Å². The summed E-state index contributed by atoms with van der Waals surface area (Å²) in [5, 5.41) is 4.41. The molecule has 4 nitrogen and oxygen atoms in total. The van der Waals surface area contributed by atoms with Crippen molar-refractivity contribution in [3.63, 3.8) is 0 Å². The lowest BCUT2D eigenvalue weighted by molar-refractivity contribution is 0.730. The van der Waals surface area contributed by atoms with Crippen molar-refractivity contribution >= 4 is 27.0 Å². The van der Waals surface area contributed by atoms with E-state index in [1.54, 1.807) is 0 Å². The Morgan fingerprint density at radius 3 is 2.52 bits per heavy atom. The van der Waals surface area contributed by atoms with Crippen molar-refractivity contribution in [2.45, 2.75) is 13.8 Å². The molecule has 2 N–H and O–H groups in total. The summed E-state index contributed by atoms with van der Waals surface area (Å²) in [5.74, 6) is 0. The molecule has 0 aliphatic carbocycles. The van der Waals surface area contributed by atoms with E-state index in [9.17, 15) is 0 Å². The van der Waals surface area contributed by atoms with Gasteiger partial charge in [-0.15, -0.1) is 0 Å². The molecule has 1 aliphatic rings. The van der Waals surface area contributed by atoms with Gasteiger partial charge in [-0.1, -0.05) is 38.1 Å². The average molecular weight is 371 g/mol. The second-order valence-electron chi connectivity index (χ2n) is 4.95. The summed E-state index contributed by atoms with van der Waals surface area (Å²) in [6.07, 6.45) is 5.87. The van der Waals surface area contributed by atoms with Gasteiger partial charge in [0.15, 0.2) is 0 Å². The fourth-order valence-electron chi connectivity index (χ4n) is 2.60. The number of nitrogens with one attached hydrogen (secondary N) is 2. The quantitative estimate of drug-likeness (QED) is 0.708. The SMILES string of the molecule is Brc1cccn2ncc(-c3ccc(C4=CNNC4)cc3)c12.CC. The fourth-order valence-corrected chi connectivity index (χ4v) is 3.15. The molecular formula is C18H19BrN4. The topological polar surface area (TPSA) is 41.4 Å². The van der Waals surface area contributed by atoms with Crippen LogP contribution in [0.2, 0.25) is 0 Å². The zero-order valence-electron chi connectivity index (χ0n) is 13.2. The Kier molecular flexibility index (Phi) is 4.79. The normalized spacial score (nSPS) is 13.3. The molecule has 5 heteroatoms. The summed E-state index contributed by atoms with van der Waals surface area (Å²) < 4.78 is 2.94. The number of hydrogen-bond acceptors (Lipinski definition) is 3. The molecule has 0 saturated carbocycles. The number of halogens is 1. The first-order chi connectivity index (χ1) is 11.3. The van der Waals surface area contributed by atoms with Crippen LogP contribution in [0.5, 0.6) is 0 Å². The minimum Gasteiger partial charge on any atom is -0.328 e. The third-order valence-electron chi connectivity index (χ3n) is 3.69. The van der Waals surface area contributed by atoms with Crippen LogP contribution < -0.4 is 10.9 Å². The van der Waals surface area contributed by atoms with Crippen molar-refractivity contribution in [2.75, 3.05) is 6.54 Å². The van der Waals surface area contributed by atoms with Gasteiger partial charge in [0.25, 0.3) is 0 Å². The maximum Gasteiger partial charge on any atom is 0.0881 e. The monoisotopic (exact) mass is 370 g/mol. The molecule has 3 aromatic rings. The molecular weight excluding hydrogens is 352 g/mol. The lowest BCUT2D eigenvalue weighted by Crippen LogP contribution is -2.20. The maximum absolute atomic E-state index is 4.41. The molecule has 23 heavy (non-hydrogen) atoms. The van der Waals surface area contributed by atoms with E-state index in [0.29, 0.717) is 0 Å². The van der Waals surface area contributed by atoms with E-state index in [-0.39, 0.29) is 0 Å². The highest BCUT2D eigenvalue weighted by Crippen LogP contribution is 2.30. The third kappa shape index (κ3) is 3.02. The summed E-state index contributed by atoms with van der Waals surface area (Å²) in [4.78, 5) is 0. The Hall–Kier alpha value is -2.11. The Labute approximate surface area is 144 Å². The second kappa shape index (κ2) is 6.98. The van der Waals surface area contributed by atoms with Crippen LogP contribution in [0.1, 0.15) is 19.4 Å². The van der Waals surface area contributed by atoms with Gasteiger partial charge in [-0.05, 0) is 44.8 Å². The summed E-state index contributed by atoms with van der Waals surface area (Å²) in [5.41, 5.74) is 12.0. The molecule has 118 valence electrons. The van der Waals surface area contributed by atoms with Crippen LogP contribution in [-0.2, 0) is 0 Å². The van der Waals surface area contributed by atoms with Gasteiger partial charge in [-0.25, -0.2) is 9.94 Å². The molecule has 0 radical (unpaired) electrons. The molecule has 3 heterocycles. The van der Waals surface area contributed by atoms with E-state index < -0.39 is 0 Å². The third-order valence-corrected chi connectivity index (χ3v) is 4.33. The predicted molar refractivity (Wildman–Crippen MR) is 98.8 cm³/mol. The molecule has 1 aromatic carbocycles. The average Bonchev–Trinajstić information content (AvgIpc) is 3.27. The minimum absolute atomic E-state index is 0.849. The zero-order chi connectivity index (χ0) is 16.2. The Morgan fingerprint density at radius 2 is 1.83 bits per heavy atom. The lowest BCUT2D eigenvalue weighted by atomic mass is 10.0. The highest BCUT2D eigenvalue weighted by molar-refractivity contribution is 9.10. The molecule has 0 saturated heterocycles. The molecule has 4 rings (SSSR count). The van der Waals surface area contributed by atoms with Crippen LogP contribution in [0.25, 0.3) is 22.2 Å². The van der Waals surface area contributed by atoms with E-state index in [4.69, 9.17) is 0 Å². The summed E-state index contributed by atoms with van der Waals surface area (Å²) in [7, 11) is 0. The number of nitrogens with zero attached hydrogens (tertiary/aromatic N) is 2. The van der Waals surface area contributed by atoms with Crippen molar-refractivity contribution in [3.05, 3.63) is 65.0 Å². The van der Waals surface area contributed by atoms with Crippen molar-refractivity contribution in [1.29, 1.82) is 0 Å². The number of rotatable bonds is 2. The highest BCUT2D eigenvalue weighted by Gasteiger charge is 2.11. The molecule has 0 bridgehead atoms. The van der Waals surface area contributed by atoms with Gasteiger partial charge in [0.1, 0.15) is 0 Å². The van der Waals surface area contributed by atoms with Crippen molar-refractivity contribution in [1.82, 2.24) is 20.5 Å². The van der Waals surface area contributed by atoms with Crippen molar-refractivity contribution < 1.29 is 0 Å². The zero-order valence-corrected chi connectivity index (χ0v) is 14.8. The molecule has 0 fully saturated rings. The summed E-state index contributed by atoms with van der Waals surface area (Å²) >= 11 is 3.61. The van der Waals surface area contributed by atoms with Crippen molar-refractivity contribution in [2.24, 2.45) is 0 Å². The standard InChI is InChI=1S/C16H13BrN4.C2H6/c17-15-2-1-7-21-16(15)14(10-20-21)12-5-3-11(4-6-12)13-8-18-19-9-13;1-2/h1-8,10,18-19H,9H2;1-2H3. The number of fused-ring (bicyclic) bond motifs is 1. The Balaban J connectivity index is 0.000000753. The number of pyridine rings is 1. The fraction of sp³-hybridized carbons (Fsp3) is 0.167. The minimum atomic E-state index is 0.849. The van der Waals surface area contributed by atoms with Gasteiger partial charge in [0.05, 0.1) is 11.7 Å². The van der Waals surface area contributed by atoms with Gasteiger partial charge in [-0.3, -0.25) is 0 Å². The lowest BCUT2D eigenvalue weighted by Gasteiger charge is -2.04. The van der Waals surface area contributed by atoms with Crippen LogP contribution in [0, 0.1) is 0 Å². The number of benzene rings is 1. The first kappa shape index (κ1) is 15.8. The Morgan fingerprint density at radius 1 is 1.09 bits per heavy atom. The number of aromatic nitrogens is 2. The molecule has 2 aromatic heterocycles. The van der Waals surface area contributed by atoms with E-state index in [0.717, 1.165) is 22.1 Å². The summed E-state index contributed by atoms with van der Waals surface area (Å²) in [6, 6.07) is 12.6. The first-order valence-corrected chi connectivity index (χ1v) is 8.52. The number of hydrogen-bond donors (Lipinski definition) is 2. The van der Waals surface area contributed by atoms with Gasteiger partial charge < -0.3 is 5.43 Å². The molecule has 0 unspecified atom stereocenters. The van der Waals surface area contributed by atoms with E-state index >= 15 is 0 Å². The number of hydrazine groups is 1. The smallest absolute Gasteiger partial charge is 0.0881 e. The predicted octanol–water partition coefficient (Wildman–Crippen LogP) is 4.24. The van der Waals surface area contributed by atoms with Crippen LogP contribution in [0.15, 0.2) is 59.5 Å². The van der Waals surface area contributed by atoms with Gasteiger partial charge >= 0.3 is 0 Å². The van der Waals surface area contributed by atoms with E-state index in [1.165, 1.54) is 16.7 Å². The highest BCUT2D eigenvalue weighted by atomic mass is 79.9. The van der Waals surface area contributed by atoms with E-state index in [2.05, 4.69) is 56.1 Å². The first-order valence-electron chi connectivity index (χ1n) is 7.73. The molecule has 0 amide bonds. The molecule has 0 atom stereocenters. The van der Waals surface area contributed by atoms with Crippen LogP contribution in [0.3, 0.4) is 0 Å². The second-order valence-corrected chi connectivity index (χ2v) is 5.81. The van der Waals surface area contributed by atoms with Crippen LogP contribution in [-0.4, -0.2) is 16.2 Å². The summed E-state index contributed by atoms with van der Waals surface area (Å²) in [6.45, 7) is 4.85. The maximum atomic E-state index is 4.41. The molecule has 0 spiro atoms. The van der Waals surface area contributed by atoms with E-state index in [1.807, 2.05) is 49.1 Å². The van der Waals surface area contributed by atoms with Gasteiger partial charge in [-0.2, -0.15) is 5.10 Å². The Bertz CT molecular complexity index is 834. The van der Waals surface area contributed by atoms with Gasteiger partial charge in [0, 0.05) is 29.0 Å². The molecule has 1 aliphatic heterocycles. The van der Waals surface area contributed by atoms with Crippen LogP contribution in [0.4, 0.5) is 0 Å². The largest absolute Gasteiger partial charge is 0.328 e. The van der Waals surface area contributed by atoms with Crippen LogP contribution >= 0.6 is 15.9 Å². The van der Waals surface area contributed by atoms with Crippen molar-refractivity contribution in [3.8, 4) is 11.1 Å².